The van der Waals surface area contributed by atoms with Crippen molar-refractivity contribution >= 4 is 23.3 Å². The van der Waals surface area contributed by atoms with E-state index in [1.165, 1.54) is 0 Å². The van der Waals surface area contributed by atoms with E-state index < -0.39 is 0 Å². The lowest BCUT2D eigenvalue weighted by Gasteiger charge is -2.02. The van der Waals surface area contributed by atoms with Crippen molar-refractivity contribution in [1.82, 2.24) is 24.7 Å². The zero-order valence-corrected chi connectivity index (χ0v) is 9.36. The zero-order chi connectivity index (χ0) is 11.5. The Bertz CT molecular complexity index is 491. The second-order valence-corrected chi connectivity index (χ2v) is 3.76. The molecule has 2 heterocycles. The molecular weight excluding hydrogens is 228 g/mol. The smallest absolute Gasteiger partial charge is 0.273 e. The predicted molar refractivity (Wildman–Crippen MR) is 58.7 cm³/mol. The van der Waals surface area contributed by atoms with E-state index in [1.54, 1.807) is 23.3 Å². The number of anilines is 1. The first kappa shape index (κ1) is 10.6. The number of amides is 1. The number of rotatable bonds is 3. The van der Waals surface area contributed by atoms with Crippen LogP contribution in [0.5, 0.6) is 0 Å². The third-order valence-electron chi connectivity index (χ3n) is 2.10. The fraction of sp³-hybridized carbons (Fsp3) is 0.250. The molecule has 0 unspecified atom stereocenters. The molecule has 0 aliphatic carbocycles. The van der Waals surface area contributed by atoms with Crippen LogP contribution in [0.25, 0.3) is 0 Å². The van der Waals surface area contributed by atoms with Crippen LogP contribution in [0.2, 0.25) is 0 Å². The molecule has 0 atom stereocenters. The lowest BCUT2D eigenvalue weighted by molar-refractivity contribution is 0.0946. The van der Waals surface area contributed by atoms with Crippen LogP contribution in [-0.2, 0) is 13.6 Å². The summed E-state index contributed by atoms with van der Waals surface area (Å²) >= 11 is 1.13. The Morgan fingerprint density at radius 1 is 1.69 bits per heavy atom. The molecule has 0 saturated carbocycles. The van der Waals surface area contributed by atoms with Gasteiger partial charge in [-0.25, -0.2) is 0 Å². The average Bonchev–Trinajstić information content (AvgIpc) is 2.89. The normalized spacial score (nSPS) is 10.3. The third-order valence-corrected chi connectivity index (χ3v) is 2.60. The molecule has 2 aromatic heterocycles. The van der Waals surface area contributed by atoms with Gasteiger partial charge in [0.15, 0.2) is 5.69 Å². The van der Waals surface area contributed by atoms with E-state index in [9.17, 15) is 4.79 Å². The number of carbonyl (C=O) groups excluding carboxylic acids is 1. The highest BCUT2D eigenvalue weighted by Gasteiger charge is 2.10. The molecule has 16 heavy (non-hydrogen) atoms. The third kappa shape index (κ3) is 2.01. The molecule has 8 heteroatoms. The van der Waals surface area contributed by atoms with Crippen LogP contribution in [0.15, 0.2) is 11.6 Å². The lowest BCUT2D eigenvalue weighted by atomic mass is 10.3. The first-order chi connectivity index (χ1) is 7.68. The lowest BCUT2D eigenvalue weighted by Crippen LogP contribution is -2.23. The molecule has 2 rings (SSSR count). The van der Waals surface area contributed by atoms with Gasteiger partial charge in [0.25, 0.3) is 5.91 Å². The molecule has 0 spiro atoms. The maximum Gasteiger partial charge on any atom is 0.273 e. The monoisotopic (exact) mass is 238 g/mol. The Morgan fingerprint density at radius 3 is 3.06 bits per heavy atom. The highest BCUT2D eigenvalue weighted by atomic mass is 32.1. The number of nitrogens with one attached hydrogen (secondary N) is 1. The summed E-state index contributed by atoms with van der Waals surface area (Å²) < 4.78 is 5.16. The standard InChI is InChI=1S/C8H10N6OS/c1-14-7(9)5(3-11-14)2-10-8(15)6-4-16-13-12-6/h3-4H,2,9H2,1H3,(H,10,15). The number of hydrogen-bond donors (Lipinski definition) is 2. The zero-order valence-electron chi connectivity index (χ0n) is 8.54. The molecule has 0 aliphatic heterocycles. The van der Waals surface area contributed by atoms with Crippen LogP contribution < -0.4 is 11.1 Å². The number of nitrogens with zero attached hydrogens (tertiary/aromatic N) is 4. The van der Waals surface area contributed by atoms with E-state index in [2.05, 4.69) is 20.0 Å². The summed E-state index contributed by atoms with van der Waals surface area (Å²) in [4.78, 5) is 11.5. The fourth-order valence-electron chi connectivity index (χ4n) is 1.16. The van der Waals surface area contributed by atoms with Gasteiger partial charge >= 0.3 is 0 Å². The van der Waals surface area contributed by atoms with Crippen molar-refractivity contribution in [3.63, 3.8) is 0 Å². The van der Waals surface area contributed by atoms with E-state index in [1.807, 2.05) is 0 Å². The molecule has 0 saturated heterocycles. The molecule has 2 aromatic rings. The molecule has 0 aliphatic rings. The van der Waals surface area contributed by atoms with Gasteiger partial charge in [-0.15, -0.1) is 5.10 Å². The van der Waals surface area contributed by atoms with Crippen LogP contribution in [0.1, 0.15) is 16.1 Å². The molecule has 0 bridgehead atoms. The molecule has 0 fully saturated rings. The molecule has 84 valence electrons. The summed E-state index contributed by atoms with van der Waals surface area (Å²) in [5.74, 6) is 0.272. The minimum absolute atomic E-state index is 0.267. The van der Waals surface area contributed by atoms with Crippen molar-refractivity contribution in [2.45, 2.75) is 6.54 Å². The number of carbonyl (C=O) groups is 1. The van der Waals surface area contributed by atoms with Gasteiger partial charge in [-0.2, -0.15) is 5.10 Å². The molecular formula is C8H10N6OS. The van der Waals surface area contributed by atoms with Crippen LogP contribution >= 0.6 is 11.5 Å². The highest BCUT2D eigenvalue weighted by Crippen LogP contribution is 2.08. The van der Waals surface area contributed by atoms with Gasteiger partial charge in [0.1, 0.15) is 5.82 Å². The summed E-state index contributed by atoms with van der Waals surface area (Å²) in [5, 5.41) is 11.9. The quantitative estimate of drug-likeness (QED) is 0.770. The minimum atomic E-state index is -0.267. The van der Waals surface area contributed by atoms with Crippen molar-refractivity contribution in [3.8, 4) is 0 Å². The molecule has 3 N–H and O–H groups in total. The van der Waals surface area contributed by atoms with Crippen molar-refractivity contribution in [2.24, 2.45) is 7.05 Å². The van der Waals surface area contributed by atoms with Crippen molar-refractivity contribution in [2.75, 3.05) is 5.73 Å². The van der Waals surface area contributed by atoms with Gasteiger partial charge in [-0.3, -0.25) is 9.48 Å². The van der Waals surface area contributed by atoms with E-state index >= 15 is 0 Å². The largest absolute Gasteiger partial charge is 0.384 e. The molecule has 0 aromatic carbocycles. The summed E-state index contributed by atoms with van der Waals surface area (Å²) in [6.07, 6.45) is 1.62. The van der Waals surface area contributed by atoms with Crippen LogP contribution in [0.4, 0.5) is 5.82 Å². The Morgan fingerprint density at radius 2 is 2.50 bits per heavy atom. The Balaban J connectivity index is 1.98. The highest BCUT2D eigenvalue weighted by molar-refractivity contribution is 7.03. The SMILES string of the molecule is Cn1ncc(CNC(=O)c2csnn2)c1N. The number of nitrogens with two attached hydrogens (primary N) is 1. The molecule has 1 amide bonds. The van der Waals surface area contributed by atoms with Gasteiger partial charge in [-0.1, -0.05) is 4.49 Å². The van der Waals surface area contributed by atoms with Crippen molar-refractivity contribution in [3.05, 3.63) is 22.8 Å². The summed E-state index contributed by atoms with van der Waals surface area (Å²) in [5.41, 5.74) is 6.82. The minimum Gasteiger partial charge on any atom is -0.384 e. The van der Waals surface area contributed by atoms with Gasteiger partial charge in [0.2, 0.25) is 0 Å². The van der Waals surface area contributed by atoms with Crippen LogP contribution in [0, 0.1) is 0 Å². The second-order valence-electron chi connectivity index (χ2n) is 3.15. The van der Waals surface area contributed by atoms with Gasteiger partial charge in [0, 0.05) is 24.5 Å². The average molecular weight is 238 g/mol. The molecule has 7 nitrogen and oxygen atoms in total. The summed E-state index contributed by atoms with van der Waals surface area (Å²) in [7, 11) is 1.74. The number of hydrogen-bond acceptors (Lipinski definition) is 6. The Kier molecular flexibility index (Phi) is 2.82. The Labute approximate surface area is 95.4 Å². The first-order valence-electron chi connectivity index (χ1n) is 4.50. The number of nitrogen functional groups attached to an aromatic ring is 1. The van der Waals surface area contributed by atoms with E-state index in [-0.39, 0.29) is 5.91 Å². The number of aromatic nitrogens is 4. The van der Waals surface area contributed by atoms with Crippen LogP contribution in [0.3, 0.4) is 0 Å². The summed E-state index contributed by atoms with van der Waals surface area (Å²) in [6, 6.07) is 0. The van der Waals surface area contributed by atoms with Crippen LogP contribution in [-0.4, -0.2) is 25.3 Å². The summed E-state index contributed by atoms with van der Waals surface area (Å²) in [6.45, 7) is 0.329. The maximum atomic E-state index is 11.5. The van der Waals surface area contributed by atoms with E-state index in [0.717, 1.165) is 17.1 Å². The van der Waals surface area contributed by atoms with Crippen molar-refractivity contribution < 1.29 is 4.79 Å². The van der Waals surface area contributed by atoms with Gasteiger partial charge in [-0.05, 0) is 11.5 Å². The van der Waals surface area contributed by atoms with Gasteiger partial charge < -0.3 is 11.1 Å². The fourth-order valence-corrected chi connectivity index (χ4v) is 1.59. The van der Waals surface area contributed by atoms with E-state index in [4.69, 9.17) is 5.73 Å². The van der Waals surface area contributed by atoms with E-state index in [0.29, 0.717) is 18.1 Å². The maximum absolute atomic E-state index is 11.5. The van der Waals surface area contributed by atoms with Gasteiger partial charge in [0.05, 0.1) is 6.20 Å². The number of aryl methyl sites for hydroxylation is 1. The topological polar surface area (TPSA) is 98.7 Å². The first-order valence-corrected chi connectivity index (χ1v) is 5.33. The molecule has 0 radical (unpaired) electrons. The second kappa shape index (κ2) is 4.27. The predicted octanol–water partition coefficient (Wildman–Crippen LogP) is -0.216. The van der Waals surface area contributed by atoms with Crippen molar-refractivity contribution in [1.29, 1.82) is 0 Å². The Hall–Kier alpha value is -1.96.